The van der Waals surface area contributed by atoms with E-state index in [-0.39, 0.29) is 24.2 Å². The van der Waals surface area contributed by atoms with Crippen LogP contribution in [-0.2, 0) is 9.47 Å². The van der Waals surface area contributed by atoms with E-state index in [1.54, 1.807) is 0 Å². The molecule has 6 heteroatoms. The minimum atomic E-state index is -0.498. The number of ketones is 1. The molecule has 0 radical (unpaired) electrons. The normalized spacial score (nSPS) is 18.4. The van der Waals surface area contributed by atoms with Crippen LogP contribution in [0.15, 0.2) is 24.3 Å². The number of nitrogens with zero attached hydrogens (tertiary/aromatic N) is 1. The Labute approximate surface area is 110 Å². The van der Waals surface area contributed by atoms with E-state index in [9.17, 15) is 14.9 Å². The number of hydrogen-bond acceptors (Lipinski definition) is 5. The van der Waals surface area contributed by atoms with Crippen LogP contribution in [0.3, 0.4) is 0 Å². The van der Waals surface area contributed by atoms with Gasteiger partial charge < -0.3 is 9.47 Å². The Bertz CT molecular complexity index is 451. The van der Waals surface area contributed by atoms with Gasteiger partial charge in [0, 0.05) is 24.3 Å². The van der Waals surface area contributed by atoms with Crippen molar-refractivity contribution in [3.05, 3.63) is 39.9 Å². The molecule has 0 aromatic heterocycles. The lowest BCUT2D eigenvalue weighted by atomic mass is 10.1. The molecule has 1 aromatic carbocycles. The molecule has 0 amide bonds. The maximum Gasteiger partial charge on any atom is 0.269 e. The van der Waals surface area contributed by atoms with Crippen molar-refractivity contribution < 1.29 is 19.2 Å². The maximum atomic E-state index is 11.8. The third-order valence-electron chi connectivity index (χ3n) is 2.96. The Morgan fingerprint density at radius 3 is 2.74 bits per heavy atom. The summed E-state index contributed by atoms with van der Waals surface area (Å²) >= 11 is 0. The highest BCUT2D eigenvalue weighted by atomic mass is 16.6. The summed E-state index contributed by atoms with van der Waals surface area (Å²) in [7, 11) is 0. The highest BCUT2D eigenvalue weighted by Crippen LogP contribution is 2.14. The smallest absolute Gasteiger partial charge is 0.269 e. The van der Waals surface area contributed by atoms with Gasteiger partial charge in [-0.25, -0.2) is 0 Å². The van der Waals surface area contributed by atoms with Gasteiger partial charge in [0.05, 0.1) is 17.6 Å². The second kappa shape index (κ2) is 6.40. The summed E-state index contributed by atoms with van der Waals surface area (Å²) in [6, 6.07) is 5.51. The molecule has 1 aliphatic rings. The van der Waals surface area contributed by atoms with Crippen LogP contribution in [0.1, 0.15) is 23.2 Å². The predicted octanol–water partition coefficient (Wildman–Crippen LogP) is 1.97. The number of nitro groups is 1. The summed E-state index contributed by atoms with van der Waals surface area (Å²) in [5.41, 5.74) is 0.384. The highest BCUT2D eigenvalue weighted by molar-refractivity contribution is 5.97. The topological polar surface area (TPSA) is 78.7 Å². The Balaban J connectivity index is 1.80. The molecule has 6 nitrogen and oxygen atoms in total. The summed E-state index contributed by atoms with van der Waals surface area (Å²) in [5, 5.41) is 10.5. The van der Waals surface area contributed by atoms with Gasteiger partial charge in [-0.15, -0.1) is 0 Å². The van der Waals surface area contributed by atoms with Crippen LogP contribution < -0.4 is 0 Å². The first-order valence-corrected chi connectivity index (χ1v) is 6.14. The van der Waals surface area contributed by atoms with Crippen LogP contribution in [0.25, 0.3) is 0 Å². The van der Waals surface area contributed by atoms with Crippen LogP contribution in [0.4, 0.5) is 5.69 Å². The Hall–Kier alpha value is -1.79. The van der Waals surface area contributed by atoms with Crippen molar-refractivity contribution in [2.75, 3.05) is 19.8 Å². The largest absolute Gasteiger partial charge is 0.376 e. The fraction of sp³-hybridized carbons (Fsp3) is 0.462. The third-order valence-corrected chi connectivity index (χ3v) is 2.96. The molecule has 1 unspecified atom stereocenters. The van der Waals surface area contributed by atoms with Gasteiger partial charge in [0.25, 0.3) is 5.69 Å². The van der Waals surface area contributed by atoms with Crippen molar-refractivity contribution in [2.45, 2.75) is 18.9 Å². The predicted molar refractivity (Wildman–Crippen MR) is 67.2 cm³/mol. The van der Waals surface area contributed by atoms with Crippen LogP contribution >= 0.6 is 0 Å². The number of non-ortho nitro benzene ring substituents is 1. The van der Waals surface area contributed by atoms with Crippen molar-refractivity contribution in [3.8, 4) is 0 Å². The van der Waals surface area contributed by atoms with E-state index in [4.69, 9.17) is 9.47 Å². The van der Waals surface area contributed by atoms with Crippen molar-refractivity contribution in [1.82, 2.24) is 0 Å². The number of rotatable bonds is 6. The number of hydrogen-bond donors (Lipinski definition) is 0. The molecule has 19 heavy (non-hydrogen) atoms. The molecular weight excluding hydrogens is 250 g/mol. The minimum absolute atomic E-state index is 0.0301. The third kappa shape index (κ3) is 3.84. The highest BCUT2D eigenvalue weighted by Gasteiger charge is 2.16. The standard InChI is InChI=1S/C13H15NO5/c15-13(9-18-8-12-2-1-7-19-12)10-3-5-11(6-4-10)14(16)17/h3-6,12H,1-2,7-9H2. The molecule has 1 aromatic rings. The van der Waals surface area contributed by atoms with Crippen molar-refractivity contribution >= 4 is 11.5 Å². The fourth-order valence-corrected chi connectivity index (χ4v) is 1.91. The minimum Gasteiger partial charge on any atom is -0.376 e. The lowest BCUT2D eigenvalue weighted by molar-refractivity contribution is -0.384. The average Bonchev–Trinajstić information content (AvgIpc) is 2.92. The van der Waals surface area contributed by atoms with Crippen molar-refractivity contribution in [1.29, 1.82) is 0 Å². The van der Waals surface area contributed by atoms with E-state index >= 15 is 0 Å². The molecular formula is C13H15NO5. The Morgan fingerprint density at radius 2 is 2.16 bits per heavy atom. The number of carbonyl (C=O) groups is 1. The molecule has 0 aliphatic carbocycles. The van der Waals surface area contributed by atoms with Gasteiger partial charge in [-0.2, -0.15) is 0 Å². The molecule has 2 rings (SSSR count). The van der Waals surface area contributed by atoms with E-state index in [1.165, 1.54) is 24.3 Å². The average molecular weight is 265 g/mol. The number of benzene rings is 1. The molecule has 0 bridgehead atoms. The number of carbonyl (C=O) groups excluding carboxylic acids is 1. The van der Waals surface area contributed by atoms with Crippen LogP contribution in [-0.4, -0.2) is 36.6 Å². The number of ether oxygens (including phenoxy) is 2. The Morgan fingerprint density at radius 1 is 1.42 bits per heavy atom. The van der Waals surface area contributed by atoms with Gasteiger partial charge >= 0.3 is 0 Å². The first-order valence-electron chi connectivity index (χ1n) is 6.14. The summed E-state index contributed by atoms with van der Waals surface area (Å²) < 4.78 is 10.7. The molecule has 0 spiro atoms. The quantitative estimate of drug-likeness (QED) is 0.446. The zero-order valence-electron chi connectivity index (χ0n) is 10.4. The van der Waals surface area contributed by atoms with E-state index < -0.39 is 4.92 Å². The molecule has 0 saturated carbocycles. The van der Waals surface area contributed by atoms with Crippen LogP contribution in [0.2, 0.25) is 0 Å². The first-order chi connectivity index (χ1) is 9.16. The Kier molecular flexibility index (Phi) is 4.59. The summed E-state index contributed by atoms with van der Waals surface area (Å²) in [6.45, 7) is 1.14. The van der Waals surface area contributed by atoms with Crippen molar-refractivity contribution in [3.63, 3.8) is 0 Å². The van der Waals surface area contributed by atoms with Gasteiger partial charge in [-0.1, -0.05) is 0 Å². The van der Waals surface area contributed by atoms with Crippen molar-refractivity contribution in [2.24, 2.45) is 0 Å². The van der Waals surface area contributed by atoms with E-state index in [0.717, 1.165) is 19.4 Å². The van der Waals surface area contributed by atoms with Gasteiger partial charge in [0.15, 0.2) is 5.78 Å². The molecule has 102 valence electrons. The van der Waals surface area contributed by atoms with Gasteiger partial charge in [0.2, 0.25) is 0 Å². The summed E-state index contributed by atoms with van der Waals surface area (Å²) in [6.07, 6.45) is 2.08. The SMILES string of the molecule is O=C(COCC1CCCO1)c1ccc([N+](=O)[O-])cc1. The monoisotopic (exact) mass is 265 g/mol. The van der Waals surface area contributed by atoms with E-state index in [2.05, 4.69) is 0 Å². The fourth-order valence-electron chi connectivity index (χ4n) is 1.91. The van der Waals surface area contributed by atoms with Crippen LogP contribution in [0.5, 0.6) is 0 Å². The second-order valence-electron chi connectivity index (χ2n) is 4.38. The van der Waals surface area contributed by atoms with Gasteiger partial charge in [0.1, 0.15) is 6.61 Å². The summed E-state index contributed by atoms with van der Waals surface area (Å²) in [4.78, 5) is 21.7. The van der Waals surface area contributed by atoms with Gasteiger partial charge in [-0.05, 0) is 25.0 Å². The molecule has 1 heterocycles. The molecule has 1 saturated heterocycles. The molecule has 0 N–H and O–H groups in total. The zero-order chi connectivity index (χ0) is 13.7. The molecule has 1 atom stereocenters. The van der Waals surface area contributed by atoms with E-state index in [1.807, 2.05) is 0 Å². The lowest BCUT2D eigenvalue weighted by Crippen LogP contribution is -2.18. The zero-order valence-corrected chi connectivity index (χ0v) is 10.4. The lowest BCUT2D eigenvalue weighted by Gasteiger charge is -2.09. The molecule has 1 fully saturated rings. The first kappa shape index (κ1) is 13.6. The number of Topliss-reactive ketones (excluding diaryl/α,β-unsaturated/α-hetero) is 1. The maximum absolute atomic E-state index is 11.8. The summed E-state index contributed by atoms with van der Waals surface area (Å²) in [5.74, 6) is -0.187. The molecule has 1 aliphatic heterocycles. The van der Waals surface area contributed by atoms with E-state index in [0.29, 0.717) is 12.2 Å². The number of nitro benzene ring substituents is 1. The second-order valence-corrected chi connectivity index (χ2v) is 4.38. The van der Waals surface area contributed by atoms with Crippen LogP contribution in [0, 0.1) is 10.1 Å². The van der Waals surface area contributed by atoms with Gasteiger partial charge in [-0.3, -0.25) is 14.9 Å².